The number of rotatable bonds is 5. The number of unbranched alkanes of at least 4 members (excludes halogenated alkanes) is 1. The number of hydrogen-bond donors (Lipinski definition) is 2. The first kappa shape index (κ1) is 14.0. The van der Waals surface area contributed by atoms with Crippen LogP contribution in [0.4, 0.5) is 11.4 Å². The molecule has 0 fully saturated rings. The number of carbonyl (C=O) groups excluding carboxylic acids is 1. The van der Waals surface area contributed by atoms with Gasteiger partial charge < -0.3 is 15.4 Å². The molecule has 104 valence electrons. The fourth-order valence-electron chi connectivity index (χ4n) is 2.06. The predicted molar refractivity (Wildman–Crippen MR) is 78.2 cm³/mol. The largest absolute Gasteiger partial charge is 0.482 e. The van der Waals surface area contributed by atoms with E-state index in [1.807, 2.05) is 6.07 Å². The van der Waals surface area contributed by atoms with Crippen LogP contribution in [-0.2, 0) is 4.79 Å². The Kier molecular flexibility index (Phi) is 4.53. The van der Waals surface area contributed by atoms with Crippen LogP contribution in [0.15, 0.2) is 12.1 Å². The van der Waals surface area contributed by atoms with Crippen molar-refractivity contribution in [1.29, 1.82) is 0 Å². The Morgan fingerprint density at radius 1 is 1.53 bits per heavy atom. The zero-order valence-corrected chi connectivity index (χ0v) is 12.0. The van der Waals surface area contributed by atoms with E-state index in [1.165, 1.54) is 12.8 Å². The number of halogens is 1. The Hall–Kier alpha value is -1.42. The van der Waals surface area contributed by atoms with E-state index in [9.17, 15) is 4.79 Å². The summed E-state index contributed by atoms with van der Waals surface area (Å²) in [7, 11) is 0. The second-order valence-corrected chi connectivity index (χ2v) is 5.26. The van der Waals surface area contributed by atoms with Gasteiger partial charge in [0.1, 0.15) is 5.75 Å². The summed E-state index contributed by atoms with van der Waals surface area (Å²) in [6, 6.07) is 3.93. The second-order valence-electron chi connectivity index (χ2n) is 4.85. The first-order valence-electron chi connectivity index (χ1n) is 6.63. The van der Waals surface area contributed by atoms with E-state index in [0.717, 1.165) is 12.1 Å². The maximum Gasteiger partial charge on any atom is 0.262 e. The summed E-state index contributed by atoms with van der Waals surface area (Å²) in [5, 5.41) is 6.71. The topological polar surface area (TPSA) is 50.4 Å². The van der Waals surface area contributed by atoms with Gasteiger partial charge in [0.15, 0.2) is 6.61 Å². The zero-order valence-electron chi connectivity index (χ0n) is 11.3. The molecule has 2 N–H and O–H groups in total. The molecule has 0 aliphatic carbocycles. The predicted octanol–water partition coefficient (Wildman–Crippen LogP) is 3.66. The third-order valence-electron chi connectivity index (χ3n) is 3.09. The summed E-state index contributed by atoms with van der Waals surface area (Å²) in [6.45, 7) is 4.36. The lowest BCUT2D eigenvalue weighted by Gasteiger charge is -2.21. The third-order valence-corrected chi connectivity index (χ3v) is 3.41. The summed E-state index contributed by atoms with van der Waals surface area (Å²) >= 11 is 6.22. The molecule has 2 rings (SSSR count). The van der Waals surface area contributed by atoms with Gasteiger partial charge in [0, 0.05) is 12.1 Å². The highest BCUT2D eigenvalue weighted by atomic mass is 35.5. The average molecular weight is 283 g/mol. The van der Waals surface area contributed by atoms with Crippen molar-refractivity contribution in [2.45, 2.75) is 39.2 Å². The number of benzene rings is 1. The standard InChI is InChI=1S/C14H19ClN2O2/c1-3-4-5-9(2)16-11-7-13-12(6-10(11)15)17-14(18)8-19-13/h6-7,9,16H,3-5,8H2,1-2H3,(H,17,18). The number of nitrogens with one attached hydrogen (secondary N) is 2. The molecule has 0 spiro atoms. The van der Waals surface area contributed by atoms with Crippen molar-refractivity contribution in [1.82, 2.24) is 0 Å². The van der Waals surface area contributed by atoms with Gasteiger partial charge in [0.2, 0.25) is 0 Å². The van der Waals surface area contributed by atoms with Crippen molar-refractivity contribution in [3.63, 3.8) is 0 Å². The van der Waals surface area contributed by atoms with Crippen LogP contribution in [0.1, 0.15) is 33.1 Å². The smallest absolute Gasteiger partial charge is 0.262 e. The summed E-state index contributed by atoms with van der Waals surface area (Å²) in [6.07, 6.45) is 3.46. The van der Waals surface area contributed by atoms with E-state index < -0.39 is 0 Å². The van der Waals surface area contributed by atoms with Gasteiger partial charge in [-0.1, -0.05) is 31.4 Å². The van der Waals surface area contributed by atoms with Crippen molar-refractivity contribution >= 4 is 28.9 Å². The van der Waals surface area contributed by atoms with E-state index in [0.29, 0.717) is 22.5 Å². The molecule has 1 aromatic rings. The van der Waals surface area contributed by atoms with Crippen molar-refractivity contribution in [2.24, 2.45) is 0 Å². The number of carbonyl (C=O) groups is 1. The van der Waals surface area contributed by atoms with Crippen molar-refractivity contribution in [3.05, 3.63) is 17.2 Å². The minimum atomic E-state index is -0.152. The Bertz CT molecular complexity index is 477. The first-order chi connectivity index (χ1) is 9.10. The lowest BCUT2D eigenvalue weighted by molar-refractivity contribution is -0.118. The lowest BCUT2D eigenvalue weighted by atomic mass is 10.1. The van der Waals surface area contributed by atoms with Crippen LogP contribution in [-0.4, -0.2) is 18.6 Å². The molecular formula is C14H19ClN2O2. The Balaban J connectivity index is 2.11. The maximum atomic E-state index is 11.2. The van der Waals surface area contributed by atoms with Crippen LogP contribution in [0.5, 0.6) is 5.75 Å². The van der Waals surface area contributed by atoms with E-state index in [-0.39, 0.29) is 12.5 Å². The van der Waals surface area contributed by atoms with Gasteiger partial charge in [0.25, 0.3) is 5.91 Å². The van der Waals surface area contributed by atoms with Gasteiger partial charge in [0.05, 0.1) is 16.4 Å². The molecule has 1 aliphatic rings. The number of hydrogen-bond acceptors (Lipinski definition) is 3. The molecule has 0 radical (unpaired) electrons. The van der Waals surface area contributed by atoms with Gasteiger partial charge in [-0.3, -0.25) is 4.79 Å². The molecule has 1 atom stereocenters. The molecule has 0 aromatic heterocycles. The first-order valence-corrected chi connectivity index (χ1v) is 7.00. The highest BCUT2D eigenvalue weighted by Crippen LogP contribution is 2.36. The minimum absolute atomic E-state index is 0.0550. The van der Waals surface area contributed by atoms with Crippen molar-refractivity contribution < 1.29 is 9.53 Å². The number of ether oxygens (including phenoxy) is 1. The van der Waals surface area contributed by atoms with Crippen LogP contribution in [0.3, 0.4) is 0 Å². The Morgan fingerprint density at radius 2 is 2.32 bits per heavy atom. The second kappa shape index (κ2) is 6.15. The van der Waals surface area contributed by atoms with Crippen LogP contribution in [0, 0.1) is 0 Å². The number of amides is 1. The van der Waals surface area contributed by atoms with E-state index >= 15 is 0 Å². The molecule has 0 saturated heterocycles. The number of fused-ring (bicyclic) bond motifs is 1. The van der Waals surface area contributed by atoms with Crippen LogP contribution >= 0.6 is 11.6 Å². The molecular weight excluding hydrogens is 264 g/mol. The van der Waals surface area contributed by atoms with E-state index in [4.69, 9.17) is 16.3 Å². The monoisotopic (exact) mass is 282 g/mol. The van der Waals surface area contributed by atoms with Gasteiger partial charge in [-0.25, -0.2) is 0 Å². The van der Waals surface area contributed by atoms with Gasteiger partial charge >= 0.3 is 0 Å². The highest BCUT2D eigenvalue weighted by molar-refractivity contribution is 6.33. The molecule has 0 bridgehead atoms. The fraction of sp³-hybridized carbons (Fsp3) is 0.500. The van der Waals surface area contributed by atoms with Crippen LogP contribution in [0.25, 0.3) is 0 Å². The molecule has 1 aliphatic heterocycles. The summed E-state index contributed by atoms with van der Waals surface area (Å²) in [5.41, 5.74) is 1.48. The highest BCUT2D eigenvalue weighted by Gasteiger charge is 2.18. The average Bonchev–Trinajstić information content (AvgIpc) is 2.37. The molecule has 19 heavy (non-hydrogen) atoms. The molecule has 5 heteroatoms. The normalized spacial score (nSPS) is 15.2. The Morgan fingerprint density at radius 3 is 3.05 bits per heavy atom. The SMILES string of the molecule is CCCCC(C)Nc1cc2c(cc1Cl)NC(=O)CO2. The maximum absolute atomic E-state index is 11.2. The quantitative estimate of drug-likeness (QED) is 0.866. The summed E-state index contributed by atoms with van der Waals surface area (Å²) < 4.78 is 5.38. The molecule has 1 aromatic carbocycles. The molecule has 4 nitrogen and oxygen atoms in total. The van der Waals surface area contributed by atoms with Crippen LogP contribution in [0.2, 0.25) is 5.02 Å². The van der Waals surface area contributed by atoms with Gasteiger partial charge in [-0.15, -0.1) is 0 Å². The van der Waals surface area contributed by atoms with E-state index in [1.54, 1.807) is 6.07 Å². The fourth-order valence-corrected chi connectivity index (χ4v) is 2.28. The number of anilines is 2. The third kappa shape index (κ3) is 3.53. The summed E-state index contributed by atoms with van der Waals surface area (Å²) in [4.78, 5) is 11.2. The minimum Gasteiger partial charge on any atom is -0.482 e. The zero-order chi connectivity index (χ0) is 13.8. The summed E-state index contributed by atoms with van der Waals surface area (Å²) in [5.74, 6) is 0.509. The van der Waals surface area contributed by atoms with Crippen molar-refractivity contribution in [3.8, 4) is 5.75 Å². The lowest BCUT2D eigenvalue weighted by Crippen LogP contribution is -2.25. The van der Waals surface area contributed by atoms with Crippen LogP contribution < -0.4 is 15.4 Å². The molecule has 1 unspecified atom stereocenters. The molecule has 0 saturated carbocycles. The van der Waals surface area contributed by atoms with Gasteiger partial charge in [-0.05, 0) is 19.4 Å². The van der Waals surface area contributed by atoms with E-state index in [2.05, 4.69) is 24.5 Å². The molecule has 1 amide bonds. The van der Waals surface area contributed by atoms with Gasteiger partial charge in [-0.2, -0.15) is 0 Å². The Labute approximate surface area is 118 Å². The molecule has 1 heterocycles. The van der Waals surface area contributed by atoms with Crippen molar-refractivity contribution in [2.75, 3.05) is 17.2 Å².